The summed E-state index contributed by atoms with van der Waals surface area (Å²) in [6, 6.07) is 13.1. The summed E-state index contributed by atoms with van der Waals surface area (Å²) in [5.74, 6) is 0.355. The summed E-state index contributed by atoms with van der Waals surface area (Å²) in [7, 11) is 1.54. The van der Waals surface area contributed by atoms with Gasteiger partial charge < -0.3 is 15.4 Å². The first-order chi connectivity index (χ1) is 12.9. The fraction of sp³-hybridized carbons (Fsp3) is 0.300. The van der Waals surface area contributed by atoms with Gasteiger partial charge in [0.1, 0.15) is 5.75 Å². The maximum absolute atomic E-state index is 12.1. The number of thioether (sulfide) groups is 1. The van der Waals surface area contributed by atoms with Crippen LogP contribution in [0.1, 0.15) is 23.3 Å². The first-order valence-electron chi connectivity index (χ1n) is 8.47. The zero-order chi connectivity index (χ0) is 19.8. The maximum Gasteiger partial charge on any atom is 0.243 e. The topological polar surface area (TPSA) is 67.4 Å². The van der Waals surface area contributed by atoms with E-state index in [1.165, 1.54) is 11.8 Å². The van der Waals surface area contributed by atoms with Crippen molar-refractivity contribution in [3.8, 4) is 5.75 Å². The Hall–Kier alpha value is -2.18. The molecule has 5 nitrogen and oxygen atoms in total. The third-order valence-electron chi connectivity index (χ3n) is 3.88. The smallest absolute Gasteiger partial charge is 0.243 e. The van der Waals surface area contributed by atoms with Gasteiger partial charge in [0.05, 0.1) is 25.1 Å². The Balaban J connectivity index is 1.77. The van der Waals surface area contributed by atoms with Crippen LogP contribution < -0.4 is 15.4 Å². The Labute approximate surface area is 168 Å². The van der Waals surface area contributed by atoms with Gasteiger partial charge in [-0.05, 0) is 49.2 Å². The molecule has 0 saturated carbocycles. The van der Waals surface area contributed by atoms with Crippen LogP contribution in [0.5, 0.6) is 5.75 Å². The fourth-order valence-electron chi connectivity index (χ4n) is 2.37. The second-order valence-corrected chi connectivity index (χ2v) is 7.80. The predicted octanol–water partition coefficient (Wildman–Crippen LogP) is 4.21. The summed E-state index contributed by atoms with van der Waals surface area (Å²) in [6.07, 6.45) is 0. The Morgan fingerprint density at radius 3 is 2.52 bits per heavy atom. The molecule has 2 aromatic carbocycles. The van der Waals surface area contributed by atoms with Crippen molar-refractivity contribution < 1.29 is 14.3 Å². The summed E-state index contributed by atoms with van der Waals surface area (Å²) in [6.45, 7) is 3.86. The van der Waals surface area contributed by atoms with Gasteiger partial charge in [-0.1, -0.05) is 29.8 Å². The fourth-order valence-corrected chi connectivity index (χ4v) is 3.35. The molecule has 0 aromatic heterocycles. The zero-order valence-electron chi connectivity index (χ0n) is 15.5. The molecule has 0 bridgehead atoms. The summed E-state index contributed by atoms with van der Waals surface area (Å²) in [4.78, 5) is 24.1. The van der Waals surface area contributed by atoms with Gasteiger partial charge in [0, 0.05) is 10.3 Å². The summed E-state index contributed by atoms with van der Waals surface area (Å²) in [5.41, 5.74) is 2.69. The van der Waals surface area contributed by atoms with Gasteiger partial charge in [0.2, 0.25) is 11.8 Å². The molecule has 0 fully saturated rings. The van der Waals surface area contributed by atoms with Gasteiger partial charge in [0.15, 0.2) is 0 Å². The number of halogens is 1. The highest BCUT2D eigenvalue weighted by molar-refractivity contribution is 8.00. The van der Waals surface area contributed by atoms with Crippen LogP contribution in [-0.4, -0.2) is 31.2 Å². The molecule has 0 spiro atoms. The van der Waals surface area contributed by atoms with E-state index >= 15 is 0 Å². The van der Waals surface area contributed by atoms with E-state index < -0.39 is 0 Å². The number of nitrogens with one attached hydrogen (secondary N) is 2. The van der Waals surface area contributed by atoms with Crippen molar-refractivity contribution in [3.63, 3.8) is 0 Å². The van der Waals surface area contributed by atoms with Crippen molar-refractivity contribution in [1.29, 1.82) is 0 Å². The molecule has 7 heteroatoms. The molecule has 0 aliphatic heterocycles. The van der Waals surface area contributed by atoms with Crippen LogP contribution in [0.15, 0.2) is 42.5 Å². The molecule has 144 valence electrons. The number of rotatable bonds is 8. The standard InChI is InChI=1S/C20H23ClN2O3S/c1-13-4-9-18(26-3)17(10-13)23-19(24)11-22-20(25)12-27-14(2)15-5-7-16(21)8-6-15/h4-10,14H,11-12H2,1-3H3,(H,22,25)(H,23,24). The quantitative estimate of drug-likeness (QED) is 0.689. The van der Waals surface area contributed by atoms with E-state index in [4.69, 9.17) is 16.3 Å². The summed E-state index contributed by atoms with van der Waals surface area (Å²) in [5, 5.41) is 6.23. The molecule has 0 saturated heterocycles. The second kappa shape index (κ2) is 10.2. The van der Waals surface area contributed by atoms with Crippen molar-refractivity contribution in [2.75, 3.05) is 24.7 Å². The average molecular weight is 407 g/mol. The zero-order valence-corrected chi connectivity index (χ0v) is 17.1. The largest absolute Gasteiger partial charge is 0.495 e. The Morgan fingerprint density at radius 2 is 1.85 bits per heavy atom. The Bertz CT molecular complexity index is 796. The predicted molar refractivity (Wildman–Crippen MR) is 112 cm³/mol. The minimum atomic E-state index is -0.303. The minimum Gasteiger partial charge on any atom is -0.495 e. The Kier molecular flexibility index (Phi) is 8.00. The monoisotopic (exact) mass is 406 g/mol. The first-order valence-corrected chi connectivity index (χ1v) is 9.90. The minimum absolute atomic E-state index is 0.0915. The van der Waals surface area contributed by atoms with Crippen LogP contribution in [0.3, 0.4) is 0 Å². The van der Waals surface area contributed by atoms with Gasteiger partial charge >= 0.3 is 0 Å². The van der Waals surface area contributed by atoms with Crippen molar-refractivity contribution in [3.05, 3.63) is 58.6 Å². The number of benzene rings is 2. The van der Waals surface area contributed by atoms with Crippen LogP contribution in [-0.2, 0) is 9.59 Å². The van der Waals surface area contributed by atoms with Crippen LogP contribution >= 0.6 is 23.4 Å². The molecule has 0 aliphatic carbocycles. The first kappa shape index (κ1) is 21.1. The van der Waals surface area contributed by atoms with E-state index in [9.17, 15) is 9.59 Å². The highest BCUT2D eigenvalue weighted by atomic mass is 35.5. The van der Waals surface area contributed by atoms with E-state index in [2.05, 4.69) is 10.6 Å². The van der Waals surface area contributed by atoms with Crippen LogP contribution in [0.25, 0.3) is 0 Å². The lowest BCUT2D eigenvalue weighted by Gasteiger charge is -2.13. The van der Waals surface area contributed by atoms with E-state index in [1.54, 1.807) is 13.2 Å². The molecule has 2 aromatic rings. The Morgan fingerprint density at radius 1 is 1.15 bits per heavy atom. The molecule has 1 atom stereocenters. The third-order valence-corrected chi connectivity index (χ3v) is 5.33. The molecule has 1 unspecified atom stereocenters. The lowest BCUT2D eigenvalue weighted by Crippen LogP contribution is -2.34. The SMILES string of the molecule is COc1ccc(C)cc1NC(=O)CNC(=O)CSC(C)c1ccc(Cl)cc1. The molecule has 2 amide bonds. The number of anilines is 1. The van der Waals surface area contributed by atoms with Crippen molar-refractivity contribution in [2.45, 2.75) is 19.1 Å². The number of hydrogen-bond donors (Lipinski definition) is 2. The number of ether oxygens (including phenoxy) is 1. The molecule has 2 N–H and O–H groups in total. The van der Waals surface area contributed by atoms with Crippen LogP contribution in [0, 0.1) is 6.92 Å². The summed E-state index contributed by atoms with van der Waals surface area (Å²) >= 11 is 7.38. The van der Waals surface area contributed by atoms with Crippen LogP contribution in [0.4, 0.5) is 5.69 Å². The number of amides is 2. The van der Waals surface area contributed by atoms with E-state index in [0.717, 1.165) is 11.1 Å². The normalized spacial score (nSPS) is 11.6. The molecule has 0 heterocycles. The summed E-state index contributed by atoms with van der Waals surface area (Å²) < 4.78 is 5.23. The van der Waals surface area contributed by atoms with E-state index in [1.807, 2.05) is 50.2 Å². The lowest BCUT2D eigenvalue weighted by atomic mass is 10.2. The number of methoxy groups -OCH3 is 1. The lowest BCUT2D eigenvalue weighted by molar-refractivity contribution is -0.122. The van der Waals surface area contributed by atoms with Crippen molar-refractivity contribution in [2.24, 2.45) is 0 Å². The van der Waals surface area contributed by atoms with E-state index in [0.29, 0.717) is 16.5 Å². The maximum atomic E-state index is 12.1. The number of hydrogen-bond acceptors (Lipinski definition) is 4. The molecule has 2 rings (SSSR count). The van der Waals surface area contributed by atoms with Crippen molar-refractivity contribution in [1.82, 2.24) is 5.32 Å². The number of carbonyl (C=O) groups is 2. The van der Waals surface area contributed by atoms with Gasteiger partial charge in [-0.2, -0.15) is 0 Å². The molecular formula is C20H23ClN2O3S. The number of aryl methyl sites for hydroxylation is 1. The highest BCUT2D eigenvalue weighted by Crippen LogP contribution is 2.28. The average Bonchev–Trinajstić information content (AvgIpc) is 2.65. The van der Waals surface area contributed by atoms with Gasteiger partial charge in [-0.25, -0.2) is 0 Å². The second-order valence-electron chi connectivity index (χ2n) is 6.03. The molecular weight excluding hydrogens is 384 g/mol. The van der Waals surface area contributed by atoms with Gasteiger partial charge in [-0.15, -0.1) is 11.8 Å². The van der Waals surface area contributed by atoms with Crippen LogP contribution in [0.2, 0.25) is 5.02 Å². The third kappa shape index (κ3) is 6.81. The molecule has 0 aliphatic rings. The van der Waals surface area contributed by atoms with Gasteiger partial charge in [-0.3, -0.25) is 9.59 Å². The van der Waals surface area contributed by atoms with E-state index in [-0.39, 0.29) is 29.4 Å². The molecule has 27 heavy (non-hydrogen) atoms. The number of carbonyl (C=O) groups excluding carboxylic acids is 2. The van der Waals surface area contributed by atoms with Crippen molar-refractivity contribution >= 4 is 40.9 Å². The highest BCUT2D eigenvalue weighted by Gasteiger charge is 2.12. The van der Waals surface area contributed by atoms with Gasteiger partial charge in [0.25, 0.3) is 0 Å². The molecule has 0 radical (unpaired) electrons.